The quantitative estimate of drug-likeness (QED) is 0.764. The van der Waals surface area contributed by atoms with E-state index in [2.05, 4.69) is 15.6 Å². The second-order valence-corrected chi connectivity index (χ2v) is 3.95. The molecule has 0 aromatic carbocycles. The maximum atomic E-state index is 11.4. The van der Waals surface area contributed by atoms with E-state index in [4.69, 9.17) is 9.15 Å². The van der Waals surface area contributed by atoms with Gasteiger partial charge in [0, 0.05) is 12.6 Å². The van der Waals surface area contributed by atoms with Gasteiger partial charge in [0.2, 0.25) is 0 Å². The van der Waals surface area contributed by atoms with Crippen molar-refractivity contribution in [2.24, 2.45) is 0 Å². The zero-order chi connectivity index (χ0) is 12.1. The van der Waals surface area contributed by atoms with Crippen molar-refractivity contribution in [2.45, 2.75) is 25.8 Å². The smallest absolute Gasteiger partial charge is 0.360 e. The molecule has 94 valence electrons. The first kappa shape index (κ1) is 11.9. The molecule has 2 N–H and O–H groups in total. The van der Waals surface area contributed by atoms with Gasteiger partial charge in [-0.05, 0) is 26.3 Å². The summed E-state index contributed by atoms with van der Waals surface area (Å²) in [7, 11) is 0. The molecule has 1 saturated heterocycles. The molecule has 0 spiro atoms. The molecule has 0 radical (unpaired) electrons. The van der Waals surface area contributed by atoms with Crippen LogP contribution in [0.15, 0.2) is 10.7 Å². The third kappa shape index (κ3) is 3.20. The van der Waals surface area contributed by atoms with Crippen LogP contribution >= 0.6 is 0 Å². The summed E-state index contributed by atoms with van der Waals surface area (Å²) in [5.74, 6) is -0.453. The van der Waals surface area contributed by atoms with Crippen LogP contribution in [0, 0.1) is 0 Å². The molecule has 1 aliphatic heterocycles. The highest BCUT2D eigenvalue weighted by atomic mass is 16.5. The number of carbonyl (C=O) groups is 1. The zero-order valence-corrected chi connectivity index (χ0v) is 9.86. The first-order valence-electron chi connectivity index (χ1n) is 5.89. The van der Waals surface area contributed by atoms with Crippen LogP contribution in [-0.2, 0) is 4.74 Å². The van der Waals surface area contributed by atoms with E-state index >= 15 is 0 Å². The number of ether oxygens (including phenoxy) is 1. The van der Waals surface area contributed by atoms with Crippen LogP contribution in [0.1, 0.15) is 30.3 Å². The van der Waals surface area contributed by atoms with Gasteiger partial charge >= 0.3 is 5.97 Å². The first-order valence-corrected chi connectivity index (χ1v) is 5.89. The van der Waals surface area contributed by atoms with E-state index in [1.165, 1.54) is 6.26 Å². The summed E-state index contributed by atoms with van der Waals surface area (Å²) in [6.07, 6.45) is 3.52. The van der Waals surface area contributed by atoms with Crippen LogP contribution in [-0.4, -0.2) is 36.7 Å². The number of aromatic nitrogens is 1. The maximum absolute atomic E-state index is 11.4. The Hall–Kier alpha value is -1.56. The minimum absolute atomic E-state index is 0.207. The lowest BCUT2D eigenvalue weighted by molar-refractivity contribution is 0.0519. The van der Waals surface area contributed by atoms with Gasteiger partial charge in [-0.25, -0.2) is 4.79 Å². The fourth-order valence-electron chi connectivity index (χ4n) is 1.79. The number of hydrogen-bond donors (Lipinski definition) is 2. The Balaban J connectivity index is 1.91. The molecule has 1 aromatic rings. The number of rotatable bonds is 4. The number of carbonyl (C=O) groups excluding carboxylic acids is 1. The third-order valence-electron chi connectivity index (χ3n) is 2.61. The van der Waals surface area contributed by atoms with Crippen molar-refractivity contribution >= 4 is 12.0 Å². The van der Waals surface area contributed by atoms with Crippen LogP contribution in [0.25, 0.3) is 0 Å². The van der Waals surface area contributed by atoms with Crippen molar-refractivity contribution in [1.29, 1.82) is 0 Å². The lowest BCUT2D eigenvalue weighted by atomic mass is 10.1. The average molecular weight is 239 g/mol. The number of nitrogens with one attached hydrogen (secondary N) is 2. The number of nitrogens with zero attached hydrogens (tertiary/aromatic N) is 1. The Bertz CT molecular complexity index is 372. The van der Waals surface area contributed by atoms with Crippen LogP contribution in [0.2, 0.25) is 0 Å². The van der Waals surface area contributed by atoms with Crippen LogP contribution in [0.4, 0.5) is 6.01 Å². The van der Waals surface area contributed by atoms with Crippen LogP contribution < -0.4 is 10.6 Å². The van der Waals surface area contributed by atoms with Crippen molar-refractivity contribution in [2.75, 3.05) is 25.0 Å². The SMILES string of the molecule is CCOC(=O)c1coc(NC2CCCNC2)n1. The van der Waals surface area contributed by atoms with Gasteiger partial charge in [-0.1, -0.05) is 0 Å². The van der Waals surface area contributed by atoms with Crippen molar-refractivity contribution < 1.29 is 13.9 Å². The van der Waals surface area contributed by atoms with Gasteiger partial charge in [0.25, 0.3) is 6.01 Å². The molecule has 1 aromatic heterocycles. The Labute approximate surface area is 99.7 Å². The Morgan fingerprint density at radius 1 is 1.76 bits per heavy atom. The van der Waals surface area contributed by atoms with Gasteiger partial charge in [0.15, 0.2) is 5.69 Å². The molecule has 2 rings (SSSR count). The maximum Gasteiger partial charge on any atom is 0.360 e. The average Bonchev–Trinajstić information content (AvgIpc) is 2.79. The van der Waals surface area contributed by atoms with Crippen molar-refractivity contribution in [3.63, 3.8) is 0 Å². The number of hydrogen-bond acceptors (Lipinski definition) is 6. The molecule has 1 atom stereocenters. The Morgan fingerprint density at radius 2 is 2.65 bits per heavy atom. The molecule has 0 bridgehead atoms. The van der Waals surface area contributed by atoms with Gasteiger partial charge in [-0.15, -0.1) is 0 Å². The summed E-state index contributed by atoms with van der Waals surface area (Å²) in [4.78, 5) is 15.4. The largest absolute Gasteiger partial charge is 0.461 e. The Morgan fingerprint density at radius 3 is 3.35 bits per heavy atom. The molecule has 1 aliphatic rings. The number of piperidine rings is 1. The van der Waals surface area contributed by atoms with E-state index in [-0.39, 0.29) is 5.69 Å². The predicted octanol–water partition coefficient (Wildman–Crippen LogP) is 1.02. The topological polar surface area (TPSA) is 76.4 Å². The van der Waals surface area contributed by atoms with Crippen LogP contribution in [0.5, 0.6) is 0 Å². The minimum atomic E-state index is -0.453. The Kier molecular flexibility index (Phi) is 3.98. The summed E-state index contributed by atoms with van der Waals surface area (Å²) in [5, 5.41) is 6.43. The van der Waals surface area contributed by atoms with E-state index in [1.54, 1.807) is 6.92 Å². The molecule has 6 nitrogen and oxygen atoms in total. The number of anilines is 1. The van der Waals surface area contributed by atoms with E-state index in [0.29, 0.717) is 18.7 Å². The fraction of sp³-hybridized carbons (Fsp3) is 0.636. The second-order valence-electron chi connectivity index (χ2n) is 3.95. The monoisotopic (exact) mass is 239 g/mol. The first-order chi connectivity index (χ1) is 8.29. The summed E-state index contributed by atoms with van der Waals surface area (Å²) in [6.45, 7) is 4.03. The van der Waals surface area contributed by atoms with Gasteiger partial charge in [-0.2, -0.15) is 4.98 Å². The molecular weight excluding hydrogens is 222 g/mol. The highest BCUT2D eigenvalue weighted by Crippen LogP contribution is 2.13. The van der Waals surface area contributed by atoms with Crippen molar-refractivity contribution in [3.8, 4) is 0 Å². The molecule has 17 heavy (non-hydrogen) atoms. The molecule has 6 heteroatoms. The minimum Gasteiger partial charge on any atom is -0.461 e. The lowest BCUT2D eigenvalue weighted by Crippen LogP contribution is -2.38. The van der Waals surface area contributed by atoms with Gasteiger partial charge in [-0.3, -0.25) is 0 Å². The molecule has 0 saturated carbocycles. The number of oxazole rings is 1. The van der Waals surface area contributed by atoms with Crippen molar-refractivity contribution in [3.05, 3.63) is 12.0 Å². The lowest BCUT2D eigenvalue weighted by Gasteiger charge is -2.22. The molecular formula is C11H17N3O3. The third-order valence-corrected chi connectivity index (χ3v) is 2.61. The fourth-order valence-corrected chi connectivity index (χ4v) is 1.79. The van der Waals surface area contributed by atoms with Gasteiger partial charge in [0.05, 0.1) is 6.61 Å². The molecule has 2 heterocycles. The van der Waals surface area contributed by atoms with Crippen molar-refractivity contribution in [1.82, 2.24) is 10.3 Å². The predicted molar refractivity (Wildman–Crippen MR) is 62.0 cm³/mol. The van der Waals surface area contributed by atoms with E-state index < -0.39 is 5.97 Å². The molecule has 1 fully saturated rings. The highest BCUT2D eigenvalue weighted by Gasteiger charge is 2.17. The molecule has 1 unspecified atom stereocenters. The van der Waals surface area contributed by atoms with E-state index in [1.807, 2.05) is 0 Å². The molecule has 0 amide bonds. The molecule has 0 aliphatic carbocycles. The van der Waals surface area contributed by atoms with Gasteiger partial charge in [0.1, 0.15) is 6.26 Å². The summed E-state index contributed by atoms with van der Waals surface area (Å²) in [5.41, 5.74) is 0.207. The van der Waals surface area contributed by atoms with Gasteiger partial charge < -0.3 is 19.8 Å². The summed E-state index contributed by atoms with van der Waals surface area (Å²) >= 11 is 0. The van der Waals surface area contributed by atoms with Crippen LogP contribution in [0.3, 0.4) is 0 Å². The summed E-state index contributed by atoms with van der Waals surface area (Å²) < 4.78 is 10.0. The van der Waals surface area contributed by atoms with E-state index in [0.717, 1.165) is 25.9 Å². The normalized spacial score (nSPS) is 19.9. The number of esters is 1. The zero-order valence-electron chi connectivity index (χ0n) is 9.86. The van der Waals surface area contributed by atoms with E-state index in [9.17, 15) is 4.79 Å². The highest BCUT2D eigenvalue weighted by molar-refractivity contribution is 5.87. The summed E-state index contributed by atoms with van der Waals surface area (Å²) in [6, 6.07) is 0.680. The standard InChI is InChI=1S/C11H17N3O3/c1-2-16-10(15)9-7-17-11(14-9)13-8-4-3-5-12-6-8/h7-8,12H,2-6H2,1H3,(H,13,14). The second kappa shape index (κ2) is 5.67.